The first-order valence-corrected chi connectivity index (χ1v) is 8.77. The van der Waals surface area contributed by atoms with Crippen molar-refractivity contribution in [2.24, 2.45) is 14.1 Å². The van der Waals surface area contributed by atoms with E-state index in [1.807, 2.05) is 30.3 Å². The molecule has 1 N–H and O–H groups in total. The Kier molecular flexibility index (Phi) is 6.21. The Balaban J connectivity index is 0.00000171. The van der Waals surface area contributed by atoms with Gasteiger partial charge in [0.2, 0.25) is 11.7 Å². The molecule has 9 nitrogen and oxygen atoms in total. The zero-order valence-corrected chi connectivity index (χ0v) is 19.9. The van der Waals surface area contributed by atoms with E-state index in [9.17, 15) is 19.5 Å². The fraction of sp³-hybridized carbons (Fsp3) is 0.200. The van der Waals surface area contributed by atoms with E-state index in [0.29, 0.717) is 0 Å². The van der Waals surface area contributed by atoms with E-state index in [2.05, 4.69) is 10.9 Å². The fourth-order valence-electron chi connectivity index (χ4n) is 3.41. The maximum absolute atomic E-state index is 13.1. The van der Waals surface area contributed by atoms with Gasteiger partial charge >= 0.3 is 57.1 Å². The third-order valence-corrected chi connectivity index (χ3v) is 4.93. The van der Waals surface area contributed by atoms with Crippen LogP contribution >= 0.6 is 0 Å². The second-order valence-electron chi connectivity index (χ2n) is 6.69. The summed E-state index contributed by atoms with van der Waals surface area (Å²) >= 11 is 0. The third-order valence-electron chi connectivity index (χ3n) is 4.93. The summed E-state index contributed by atoms with van der Waals surface area (Å²) in [6.45, 7) is 0.186. The second-order valence-corrected chi connectivity index (χ2v) is 6.69. The van der Waals surface area contributed by atoms with E-state index in [-0.39, 0.29) is 94.2 Å². The molecule has 30 heavy (non-hydrogen) atoms. The molecule has 4 aromatic rings. The molecule has 4 rings (SSSR count). The summed E-state index contributed by atoms with van der Waals surface area (Å²) in [5.41, 5.74) is -1.04. The molecule has 0 saturated carbocycles. The smallest absolute Gasteiger partial charge is 1.00 e. The van der Waals surface area contributed by atoms with Crippen LogP contribution in [0.4, 0.5) is 0 Å². The van der Waals surface area contributed by atoms with Gasteiger partial charge in [0.25, 0.3) is 11.1 Å². The zero-order chi connectivity index (χ0) is 20.9. The van der Waals surface area contributed by atoms with Gasteiger partial charge in [0.15, 0.2) is 11.2 Å². The first-order chi connectivity index (χ1) is 13.9. The molecule has 0 aliphatic carbocycles. The van der Waals surface area contributed by atoms with Crippen molar-refractivity contribution in [2.45, 2.75) is 13.0 Å². The third kappa shape index (κ3) is 3.28. The number of fused-ring (bicyclic) bond motifs is 3. The van der Waals surface area contributed by atoms with Crippen molar-refractivity contribution in [1.82, 2.24) is 23.1 Å². The number of aromatic hydroxyl groups is 1. The molecule has 10 heteroatoms. The Hall–Kier alpha value is -2.42. The van der Waals surface area contributed by atoms with Gasteiger partial charge in [-0.25, -0.2) is 9.20 Å². The van der Waals surface area contributed by atoms with E-state index < -0.39 is 16.8 Å². The minimum Gasteiger partial charge on any atom is -1.00 e. The normalized spacial score (nSPS) is 10.8. The minimum atomic E-state index is -0.656. The number of hydrogen-bond acceptors (Lipinski definition) is 5. The number of aromatic nitrogens is 5. The maximum atomic E-state index is 13.1. The van der Waals surface area contributed by atoms with Crippen LogP contribution < -0.4 is 68.2 Å². The molecule has 0 radical (unpaired) electrons. The largest absolute Gasteiger partial charge is 1.00 e. The van der Waals surface area contributed by atoms with Crippen molar-refractivity contribution in [3.63, 3.8) is 0 Å². The van der Waals surface area contributed by atoms with Crippen LogP contribution in [0.1, 0.15) is 12.6 Å². The molecule has 0 aliphatic rings. The van der Waals surface area contributed by atoms with Gasteiger partial charge in [-0.3, -0.25) is 23.3 Å². The summed E-state index contributed by atoms with van der Waals surface area (Å²) in [5, 5.41) is 10.8. The molecule has 0 amide bonds. The van der Waals surface area contributed by atoms with Gasteiger partial charge in [-0.05, 0) is 5.56 Å². The number of nitrogens with zero attached hydrogens (tertiary/aromatic N) is 5. The van der Waals surface area contributed by atoms with Crippen molar-refractivity contribution >= 4 is 16.9 Å². The van der Waals surface area contributed by atoms with E-state index in [4.69, 9.17) is 6.42 Å². The van der Waals surface area contributed by atoms with Gasteiger partial charge in [-0.2, -0.15) is 4.98 Å². The SMILES string of the molecule is C#CCc1c(O)n(Cc2ccccc2)c2nc3c(c(=O)n(C)c(=O)n3C)n2c1=O.[H-].[K+]. The molecule has 3 aromatic heterocycles. The number of rotatable bonds is 3. The summed E-state index contributed by atoms with van der Waals surface area (Å²) in [4.78, 5) is 42.5. The van der Waals surface area contributed by atoms with Gasteiger partial charge in [0.05, 0.1) is 12.1 Å². The van der Waals surface area contributed by atoms with Crippen LogP contribution in [0.3, 0.4) is 0 Å². The first-order valence-electron chi connectivity index (χ1n) is 8.77. The number of hydrogen-bond donors (Lipinski definition) is 1. The predicted molar refractivity (Wildman–Crippen MR) is 108 cm³/mol. The summed E-state index contributed by atoms with van der Waals surface area (Å²) in [6, 6.07) is 9.25. The molecule has 0 aliphatic heterocycles. The zero-order valence-electron chi connectivity index (χ0n) is 17.8. The number of terminal acetylenes is 1. The van der Waals surface area contributed by atoms with E-state index in [1.54, 1.807) is 0 Å². The van der Waals surface area contributed by atoms with Crippen LogP contribution in [-0.2, 0) is 27.1 Å². The molecule has 0 bridgehead atoms. The molecular weight excluding hydrogens is 413 g/mol. The van der Waals surface area contributed by atoms with Crippen LogP contribution in [0.25, 0.3) is 16.9 Å². The summed E-state index contributed by atoms with van der Waals surface area (Å²) < 4.78 is 4.62. The van der Waals surface area contributed by atoms with Gasteiger partial charge in [0, 0.05) is 20.5 Å². The van der Waals surface area contributed by atoms with E-state index in [0.717, 1.165) is 14.5 Å². The Morgan fingerprint density at radius 3 is 2.40 bits per heavy atom. The Labute approximate surface area is 214 Å². The quantitative estimate of drug-likeness (QED) is 0.277. The van der Waals surface area contributed by atoms with Gasteiger partial charge in [-0.15, -0.1) is 12.3 Å². The molecule has 0 spiro atoms. The van der Waals surface area contributed by atoms with Crippen LogP contribution in [0, 0.1) is 12.3 Å². The minimum absolute atomic E-state index is 0. The topological polar surface area (TPSA) is 104 Å². The molecule has 1 aromatic carbocycles. The standard InChI is InChI=1S/C20H17N5O4.K.H/c1-4-8-13-16(26)24(11-12-9-6-5-7-10-12)19-21-15-14(25(19)17(13)27)18(28)23(3)20(29)22(15)2;;/h1,5-7,9-10,26H,8,11H2,2-3H3;;/q;+1;-1. The van der Waals surface area contributed by atoms with Crippen molar-refractivity contribution in [3.05, 3.63) is 72.7 Å². The monoisotopic (exact) mass is 431 g/mol. The molecule has 0 unspecified atom stereocenters. The average molecular weight is 431 g/mol. The number of aryl methyl sites for hydroxylation is 1. The fourth-order valence-corrected chi connectivity index (χ4v) is 3.41. The van der Waals surface area contributed by atoms with Crippen molar-refractivity contribution in [3.8, 4) is 18.2 Å². The Bertz CT molecular complexity index is 1510. The summed E-state index contributed by atoms with van der Waals surface area (Å²) in [7, 11) is 2.79. The Morgan fingerprint density at radius 2 is 1.77 bits per heavy atom. The van der Waals surface area contributed by atoms with Crippen molar-refractivity contribution in [1.29, 1.82) is 0 Å². The van der Waals surface area contributed by atoms with Crippen LogP contribution in [0.15, 0.2) is 44.7 Å². The van der Waals surface area contributed by atoms with Crippen molar-refractivity contribution in [2.75, 3.05) is 0 Å². The molecule has 3 heterocycles. The maximum Gasteiger partial charge on any atom is 1.00 e. The van der Waals surface area contributed by atoms with Gasteiger partial charge in [0.1, 0.15) is 0 Å². The summed E-state index contributed by atoms with van der Waals surface area (Å²) in [6.07, 6.45) is 5.26. The van der Waals surface area contributed by atoms with E-state index >= 15 is 0 Å². The van der Waals surface area contributed by atoms with Gasteiger partial charge in [-0.1, -0.05) is 30.3 Å². The molecule has 0 saturated heterocycles. The average Bonchev–Trinajstić information content (AvgIpc) is 3.13. The summed E-state index contributed by atoms with van der Waals surface area (Å²) in [5.74, 6) is 2.09. The predicted octanol–water partition coefficient (Wildman–Crippen LogP) is -2.91. The van der Waals surface area contributed by atoms with E-state index in [1.165, 1.54) is 23.2 Å². The molecule has 0 atom stereocenters. The van der Waals surface area contributed by atoms with Crippen LogP contribution in [-0.4, -0.2) is 28.2 Å². The number of imidazole rings is 1. The first kappa shape index (κ1) is 22.3. The second kappa shape index (κ2) is 8.37. The van der Waals surface area contributed by atoms with Crippen molar-refractivity contribution < 1.29 is 57.9 Å². The number of benzene rings is 1. The van der Waals surface area contributed by atoms with Gasteiger partial charge < -0.3 is 6.53 Å². The molecular formula is C20H18KN5O4. The molecule has 148 valence electrons. The van der Waals surface area contributed by atoms with Crippen LogP contribution in [0.5, 0.6) is 5.88 Å². The Morgan fingerprint density at radius 1 is 1.10 bits per heavy atom. The molecule has 0 fully saturated rings. The van der Waals surface area contributed by atoms with Crippen LogP contribution in [0.2, 0.25) is 0 Å².